The van der Waals surface area contributed by atoms with Crippen LogP contribution in [0, 0.1) is 13.8 Å². The quantitative estimate of drug-likeness (QED) is 0.483. The van der Waals surface area contributed by atoms with Crippen molar-refractivity contribution in [3.05, 3.63) is 71.7 Å². The second kappa shape index (κ2) is 9.66. The molecule has 0 spiro atoms. The number of hydrogen-bond donors (Lipinski definition) is 2. The van der Waals surface area contributed by atoms with Gasteiger partial charge in [-0.1, -0.05) is 25.5 Å². The Bertz CT molecular complexity index is 1270. The first-order valence-electron chi connectivity index (χ1n) is 10.2. The van der Waals surface area contributed by atoms with E-state index in [1.165, 1.54) is 30.3 Å². The van der Waals surface area contributed by atoms with E-state index < -0.39 is 20.0 Å². The summed E-state index contributed by atoms with van der Waals surface area (Å²) in [6, 6.07) is 13.7. The van der Waals surface area contributed by atoms with Gasteiger partial charge in [0.2, 0.25) is 0 Å². The van der Waals surface area contributed by atoms with Gasteiger partial charge in [0, 0.05) is 17.4 Å². The number of sulfonamides is 2. The number of aryl methyl sites for hydroxylation is 3. The Hall–Kier alpha value is -2.98. The van der Waals surface area contributed by atoms with E-state index in [0.29, 0.717) is 11.5 Å². The molecule has 3 aromatic rings. The summed E-state index contributed by atoms with van der Waals surface area (Å²) in [6.07, 6.45) is 3.02. The molecule has 1 heterocycles. The van der Waals surface area contributed by atoms with E-state index >= 15 is 0 Å². The number of aromatic nitrogens is 2. The monoisotopic (exact) mass is 474 g/mol. The van der Waals surface area contributed by atoms with Gasteiger partial charge in [-0.2, -0.15) is 0 Å². The smallest absolute Gasteiger partial charge is 0.263 e. The Balaban J connectivity index is 1.73. The fourth-order valence-corrected chi connectivity index (χ4v) is 5.15. The van der Waals surface area contributed by atoms with Crippen LogP contribution >= 0.6 is 0 Å². The summed E-state index contributed by atoms with van der Waals surface area (Å²) in [4.78, 5) is 8.31. The maximum atomic E-state index is 12.7. The summed E-state index contributed by atoms with van der Waals surface area (Å²) in [5.41, 5.74) is 1.98. The molecule has 2 aromatic carbocycles. The zero-order valence-electron chi connectivity index (χ0n) is 18.2. The Morgan fingerprint density at radius 2 is 1.34 bits per heavy atom. The fourth-order valence-electron chi connectivity index (χ4n) is 3.10. The van der Waals surface area contributed by atoms with Crippen LogP contribution in [-0.2, 0) is 26.5 Å². The predicted molar refractivity (Wildman–Crippen MR) is 125 cm³/mol. The Morgan fingerprint density at radius 1 is 0.781 bits per heavy atom. The molecule has 2 N–H and O–H groups in total. The van der Waals surface area contributed by atoms with Crippen LogP contribution in [0.2, 0.25) is 0 Å². The third-order valence-corrected chi connectivity index (χ3v) is 7.44. The molecule has 0 aliphatic heterocycles. The van der Waals surface area contributed by atoms with E-state index in [4.69, 9.17) is 0 Å². The number of benzene rings is 2. The molecule has 0 fully saturated rings. The first-order chi connectivity index (χ1) is 15.1. The Morgan fingerprint density at radius 3 is 1.91 bits per heavy atom. The van der Waals surface area contributed by atoms with E-state index in [-0.39, 0.29) is 21.3 Å². The van der Waals surface area contributed by atoms with Gasteiger partial charge >= 0.3 is 0 Å². The molecule has 32 heavy (non-hydrogen) atoms. The topological polar surface area (TPSA) is 118 Å². The van der Waals surface area contributed by atoms with Crippen molar-refractivity contribution >= 4 is 31.6 Å². The zero-order chi connectivity index (χ0) is 23.4. The number of nitrogens with zero attached hydrogens (tertiary/aromatic N) is 2. The van der Waals surface area contributed by atoms with E-state index in [1.807, 2.05) is 12.1 Å². The normalized spacial score (nSPS) is 11.8. The third-order valence-electron chi connectivity index (χ3n) is 4.67. The molecule has 0 bridgehead atoms. The van der Waals surface area contributed by atoms with Crippen LogP contribution < -0.4 is 9.44 Å². The summed E-state index contributed by atoms with van der Waals surface area (Å²) >= 11 is 0. The lowest BCUT2D eigenvalue weighted by Gasteiger charge is -2.11. The molecule has 0 radical (unpaired) electrons. The Labute approximate surface area is 189 Å². The second-order valence-electron chi connectivity index (χ2n) is 7.42. The average molecular weight is 475 g/mol. The molecule has 10 heteroatoms. The minimum absolute atomic E-state index is 0.0188. The molecule has 0 unspecified atom stereocenters. The first kappa shape index (κ1) is 23.7. The molecule has 0 amide bonds. The summed E-state index contributed by atoms with van der Waals surface area (Å²) in [5, 5.41) is 0. The van der Waals surface area contributed by atoms with E-state index in [0.717, 1.165) is 24.8 Å². The summed E-state index contributed by atoms with van der Waals surface area (Å²) in [7, 11) is -7.68. The Kier molecular flexibility index (Phi) is 7.15. The lowest BCUT2D eigenvalue weighted by Crippen LogP contribution is -2.15. The molecule has 1 aromatic heterocycles. The van der Waals surface area contributed by atoms with Crippen molar-refractivity contribution < 1.29 is 16.8 Å². The van der Waals surface area contributed by atoms with Crippen molar-refractivity contribution in [2.75, 3.05) is 9.44 Å². The fraction of sp³-hybridized carbons (Fsp3) is 0.273. The van der Waals surface area contributed by atoms with E-state index in [9.17, 15) is 16.8 Å². The summed E-state index contributed by atoms with van der Waals surface area (Å²) in [5.74, 6) is 0.619. The molecular weight excluding hydrogens is 448 g/mol. The third kappa shape index (κ3) is 6.04. The molecule has 0 saturated heterocycles. The summed E-state index contributed by atoms with van der Waals surface area (Å²) < 4.78 is 55.5. The molecular formula is C22H26N4O4S2. The summed E-state index contributed by atoms with van der Waals surface area (Å²) in [6.45, 7) is 5.52. The van der Waals surface area contributed by atoms with E-state index in [1.54, 1.807) is 26.0 Å². The van der Waals surface area contributed by atoms with Gasteiger partial charge in [-0.25, -0.2) is 26.8 Å². The van der Waals surface area contributed by atoms with Crippen LogP contribution in [0.25, 0.3) is 0 Å². The van der Waals surface area contributed by atoms with Crippen LogP contribution in [0.3, 0.4) is 0 Å². The molecule has 8 nitrogen and oxygen atoms in total. The number of unbranched alkanes of at least 4 members (excludes halogenated alkanes) is 1. The highest BCUT2D eigenvalue weighted by molar-refractivity contribution is 7.93. The van der Waals surface area contributed by atoms with Gasteiger partial charge < -0.3 is 0 Å². The highest BCUT2D eigenvalue weighted by Crippen LogP contribution is 2.21. The van der Waals surface area contributed by atoms with Crippen molar-refractivity contribution in [1.29, 1.82) is 0 Å². The maximum absolute atomic E-state index is 12.7. The molecule has 0 atom stereocenters. The minimum Gasteiger partial charge on any atom is -0.280 e. The second-order valence-corrected chi connectivity index (χ2v) is 10.8. The highest BCUT2D eigenvalue weighted by atomic mass is 32.2. The van der Waals surface area contributed by atoms with Gasteiger partial charge in [0.05, 0.1) is 9.79 Å². The van der Waals surface area contributed by atoms with Crippen molar-refractivity contribution in [2.24, 2.45) is 0 Å². The number of nitrogens with one attached hydrogen (secondary N) is 2. The molecule has 3 rings (SSSR count). The van der Waals surface area contributed by atoms with Gasteiger partial charge in [0.25, 0.3) is 20.0 Å². The molecule has 0 saturated carbocycles. The van der Waals surface area contributed by atoms with Gasteiger partial charge in [-0.15, -0.1) is 0 Å². The van der Waals surface area contributed by atoms with Crippen LogP contribution in [0.1, 0.15) is 36.8 Å². The zero-order valence-corrected chi connectivity index (χ0v) is 19.8. The van der Waals surface area contributed by atoms with Crippen molar-refractivity contribution in [3.8, 4) is 0 Å². The van der Waals surface area contributed by atoms with E-state index in [2.05, 4.69) is 26.3 Å². The lowest BCUT2D eigenvalue weighted by molar-refractivity contribution is 0.600. The maximum Gasteiger partial charge on any atom is 0.263 e. The van der Waals surface area contributed by atoms with Crippen LogP contribution in [-0.4, -0.2) is 26.8 Å². The van der Waals surface area contributed by atoms with Gasteiger partial charge in [0.1, 0.15) is 11.6 Å². The van der Waals surface area contributed by atoms with Crippen molar-refractivity contribution in [2.45, 2.75) is 49.8 Å². The number of rotatable bonds is 9. The van der Waals surface area contributed by atoms with Crippen LogP contribution in [0.4, 0.5) is 11.5 Å². The molecule has 0 aliphatic rings. The predicted octanol–water partition coefficient (Wildman–Crippen LogP) is 4.04. The lowest BCUT2D eigenvalue weighted by atomic mass is 10.1. The van der Waals surface area contributed by atoms with Crippen molar-refractivity contribution in [3.63, 3.8) is 0 Å². The van der Waals surface area contributed by atoms with Crippen LogP contribution in [0.5, 0.6) is 0 Å². The first-order valence-corrected chi connectivity index (χ1v) is 13.1. The number of anilines is 2. The van der Waals surface area contributed by atoms with Gasteiger partial charge in [0.15, 0.2) is 0 Å². The highest BCUT2D eigenvalue weighted by Gasteiger charge is 2.18. The largest absolute Gasteiger partial charge is 0.280 e. The SMILES string of the molecule is CCCCc1ccc(S(=O)(=O)Nc2ccc(S(=O)(=O)Nc3cc(C)nc(C)n3)cc2)cc1. The van der Waals surface area contributed by atoms with Crippen molar-refractivity contribution in [1.82, 2.24) is 9.97 Å². The minimum atomic E-state index is -3.89. The number of hydrogen-bond acceptors (Lipinski definition) is 6. The molecule has 170 valence electrons. The van der Waals surface area contributed by atoms with Gasteiger partial charge in [-0.3, -0.25) is 9.44 Å². The van der Waals surface area contributed by atoms with Gasteiger partial charge in [-0.05, 0) is 68.7 Å². The average Bonchev–Trinajstić information content (AvgIpc) is 2.71. The molecule has 0 aliphatic carbocycles. The van der Waals surface area contributed by atoms with Crippen LogP contribution in [0.15, 0.2) is 64.4 Å². The standard InChI is InChI=1S/C22H26N4O4S2/c1-4-5-6-18-7-11-20(12-8-18)31(27,28)25-19-9-13-21(14-10-19)32(29,30)26-22-15-16(2)23-17(3)24-22/h7-15,25H,4-6H2,1-3H3,(H,23,24,26).